The summed E-state index contributed by atoms with van der Waals surface area (Å²) in [6, 6.07) is 41.3. The number of aliphatic hydroxyl groups is 2. The molecule has 0 radical (unpaired) electrons. The van der Waals surface area contributed by atoms with E-state index < -0.39 is 10.8 Å². The van der Waals surface area contributed by atoms with Crippen molar-refractivity contribution in [2.45, 2.75) is 121 Å². The number of rotatable bonds is 12. The summed E-state index contributed by atoms with van der Waals surface area (Å²) >= 11 is 11.2. The van der Waals surface area contributed by atoms with Crippen LogP contribution in [0.25, 0.3) is 0 Å². The number of nitro groups is 1. The monoisotopic (exact) mass is 1610 g/mol. The predicted molar refractivity (Wildman–Crippen MR) is 399 cm³/mol. The number of aryl methyl sites for hydroxylation is 5. The fraction of sp³-hybridized carbons (Fsp3) is 0.296. The first-order valence-corrected chi connectivity index (χ1v) is 34.7. The van der Waals surface area contributed by atoms with Gasteiger partial charge >= 0.3 is 23.9 Å². The first kappa shape index (κ1) is 86.6. The minimum atomic E-state index is -0.520. The number of halogens is 2. The zero-order valence-corrected chi connectivity index (χ0v) is 63.5. The number of carbonyl (C=O) groups excluding carboxylic acids is 6. The number of ether oxygens (including phenoxy) is 7. The molecule has 0 saturated heterocycles. The summed E-state index contributed by atoms with van der Waals surface area (Å²) in [7, 11) is 6.54. The largest absolute Gasteiger partial charge is 0.490 e. The topological polar surface area (TPSA) is 334 Å². The number of Topliss-reactive ketones (excluding diaryl/α,β-unsaturated/α-hetero) is 1. The van der Waals surface area contributed by atoms with E-state index in [0.717, 1.165) is 129 Å². The van der Waals surface area contributed by atoms with Crippen molar-refractivity contribution in [1.29, 1.82) is 0 Å². The van der Waals surface area contributed by atoms with Gasteiger partial charge in [-0.25, -0.2) is 34.6 Å². The van der Waals surface area contributed by atoms with E-state index in [2.05, 4.69) is 29.4 Å². The first-order valence-electron chi connectivity index (χ1n) is 34.0. The Kier molecular flexibility index (Phi) is 35.3. The molecule has 0 bridgehead atoms. The standard InChI is InChI=1S/C17H16ClNO3.C17H17NO3.C16H16N2O3.C12H14O3.C12H12O3.C5H3ClN2O2.CH4O.CH3.Pd/c1-21-17(20)13-3-2-12-9-14(5-4-11(12)8-13)22-15-6-7-19-16(18)10-15;1-20-17(19)14-3-2-13-11-16(5-4-12(13)10-14)21-15-6-8-18-9-7-15;19-16(18-20)13-2-1-12-10-15(4-3-11(12)9-13)21-14-5-7-17-8-6-14;2*1-15-12(14)10-3-2-9-7-11(13)5-4-8(9)6-10;6-5-3-4(8(9)10)1-2-7-5;1-2;;/h2-3,6-8,10,14H,4-5,9H2,1H3;2-3,6-10,16H,4-5,11H2,1H3;1-2,5-9,15,20H,3-4,10H2,(H,18,19);2-3,6,11,13H,4-5,7H2,1H3;2-3,6H,4-5,7H2,1H3;1-3H;2H,1H3;1H3;/q;;;;;;;-1;. The van der Waals surface area contributed by atoms with E-state index in [1.807, 2.05) is 97.1 Å². The molecular formula is C81H85Cl2N6O18Pd-. The third-order valence-corrected chi connectivity index (χ3v) is 18.1. The van der Waals surface area contributed by atoms with E-state index in [0.29, 0.717) is 52.2 Å². The van der Waals surface area contributed by atoms with Crippen LogP contribution in [0.15, 0.2) is 177 Å². The van der Waals surface area contributed by atoms with Gasteiger partial charge in [0, 0.05) is 115 Å². The van der Waals surface area contributed by atoms with Crippen LogP contribution in [0.4, 0.5) is 5.69 Å². The first-order chi connectivity index (χ1) is 51.3. The van der Waals surface area contributed by atoms with Crippen LogP contribution >= 0.6 is 23.2 Å². The van der Waals surface area contributed by atoms with Gasteiger partial charge in [0.15, 0.2) is 0 Å². The predicted octanol–water partition coefficient (Wildman–Crippen LogP) is 13.0. The number of hydrogen-bond acceptors (Lipinski definition) is 22. The number of nitrogens with zero attached hydrogens (tertiary/aromatic N) is 5. The summed E-state index contributed by atoms with van der Waals surface area (Å²) in [4.78, 5) is 93.3. The molecule has 4 aromatic heterocycles. The maximum Gasteiger partial charge on any atom is 0.337 e. The number of benzene rings is 5. The molecule has 572 valence electrons. The van der Waals surface area contributed by atoms with E-state index in [1.165, 1.54) is 74.6 Å². The normalized spacial score (nSPS) is 15.6. The SMILES string of the molecule is CO.COC(=O)c1ccc2c(c1)CCC(=O)C2.COC(=O)c1ccc2c(c1)CCC(O)C2.COC(=O)c1ccc2c(c1)CCC(Oc1ccnc(Cl)c1)C2.COC(=O)c1ccc2c(c1)CCC(Oc1ccncc1)C2.O=C(NO)c1ccc2c(c1)CCC(Oc1ccncc1)C2.O=[N+]([O-])c1ccnc(Cl)c1.[CH3-].[Pd]. The van der Waals surface area contributed by atoms with E-state index in [1.54, 1.807) is 66.8 Å². The molecule has 4 N–H and O–H groups in total. The molecule has 5 aliphatic rings. The van der Waals surface area contributed by atoms with Crippen molar-refractivity contribution in [2.24, 2.45) is 0 Å². The van der Waals surface area contributed by atoms with Gasteiger partial charge in [-0.2, -0.15) is 0 Å². The molecular weight excluding hydrogens is 1520 g/mol. The average molecular weight is 1610 g/mol. The second-order valence-electron chi connectivity index (χ2n) is 24.7. The molecule has 0 spiro atoms. The Morgan fingerprint density at radius 3 is 1.17 bits per heavy atom. The number of esters is 4. The van der Waals surface area contributed by atoms with Crippen LogP contribution in [0.3, 0.4) is 0 Å². The van der Waals surface area contributed by atoms with E-state index in [-0.39, 0.29) is 92.8 Å². The summed E-state index contributed by atoms with van der Waals surface area (Å²) in [6.07, 6.45) is 22.0. The Morgan fingerprint density at radius 2 is 0.787 bits per heavy atom. The molecule has 5 aliphatic carbocycles. The van der Waals surface area contributed by atoms with Crippen LogP contribution in [0.1, 0.15) is 140 Å². The maximum absolute atomic E-state index is 11.6. The van der Waals surface area contributed by atoms with Crippen molar-refractivity contribution < 1.29 is 103 Å². The molecule has 1 amide bonds. The van der Waals surface area contributed by atoms with Crippen LogP contribution in [0, 0.1) is 17.5 Å². The van der Waals surface area contributed by atoms with Crippen LogP contribution < -0.4 is 19.7 Å². The van der Waals surface area contributed by atoms with Gasteiger partial charge in [-0.3, -0.25) is 34.9 Å². The van der Waals surface area contributed by atoms with Gasteiger partial charge in [-0.05, 0) is 211 Å². The minimum absolute atomic E-state index is 0. The number of nitrogens with one attached hydrogen (secondary N) is 1. The van der Waals surface area contributed by atoms with Gasteiger partial charge in [-0.1, -0.05) is 53.5 Å². The Morgan fingerprint density at radius 1 is 0.444 bits per heavy atom. The van der Waals surface area contributed by atoms with Gasteiger partial charge in [0.2, 0.25) is 0 Å². The zero-order chi connectivity index (χ0) is 76.1. The van der Waals surface area contributed by atoms with Crippen molar-refractivity contribution in [2.75, 3.05) is 35.5 Å². The molecule has 27 heteroatoms. The summed E-state index contributed by atoms with van der Waals surface area (Å²) in [5.74, 6) is 0.999. The maximum atomic E-state index is 11.6. The van der Waals surface area contributed by atoms with Crippen molar-refractivity contribution in [3.05, 3.63) is 288 Å². The smallest absolute Gasteiger partial charge is 0.337 e. The van der Waals surface area contributed by atoms with Gasteiger partial charge in [0.25, 0.3) is 11.6 Å². The van der Waals surface area contributed by atoms with Crippen LogP contribution in [-0.2, 0) is 108 Å². The van der Waals surface area contributed by atoms with Crippen molar-refractivity contribution >= 4 is 64.5 Å². The molecule has 108 heavy (non-hydrogen) atoms. The van der Waals surface area contributed by atoms with Crippen molar-refractivity contribution in [1.82, 2.24) is 25.4 Å². The van der Waals surface area contributed by atoms with Gasteiger partial charge in [-0.15, -0.1) is 0 Å². The molecule has 4 heterocycles. The number of ketones is 1. The molecule has 0 aliphatic heterocycles. The molecule has 4 atom stereocenters. The van der Waals surface area contributed by atoms with Gasteiger partial charge in [0.1, 0.15) is 51.6 Å². The van der Waals surface area contributed by atoms with E-state index in [4.69, 9.17) is 57.2 Å². The van der Waals surface area contributed by atoms with E-state index >= 15 is 0 Å². The average Bonchev–Trinajstić information content (AvgIpc) is 0.846. The number of amides is 1. The molecule has 0 saturated carbocycles. The van der Waals surface area contributed by atoms with Gasteiger partial charge in [0.05, 0.1) is 67.8 Å². The fourth-order valence-corrected chi connectivity index (χ4v) is 12.7. The van der Waals surface area contributed by atoms with Crippen LogP contribution in [-0.4, -0.2) is 136 Å². The summed E-state index contributed by atoms with van der Waals surface area (Å²) in [5, 5.41) is 35.8. The second-order valence-corrected chi connectivity index (χ2v) is 25.4. The number of carbonyl (C=O) groups is 6. The fourth-order valence-electron chi connectivity index (χ4n) is 12.4. The van der Waals surface area contributed by atoms with Crippen molar-refractivity contribution in [3.8, 4) is 17.2 Å². The zero-order valence-electron chi connectivity index (χ0n) is 60.4. The Bertz CT molecular complexity index is 4390. The number of hydroxylamine groups is 1. The third kappa shape index (κ3) is 26.0. The molecule has 4 unspecified atom stereocenters. The number of pyridine rings is 4. The van der Waals surface area contributed by atoms with Crippen LogP contribution in [0.2, 0.25) is 10.3 Å². The number of fused-ring (bicyclic) bond motifs is 5. The molecule has 14 rings (SSSR count). The molecule has 9 aromatic rings. The molecule has 24 nitrogen and oxygen atoms in total. The number of hydrogen-bond donors (Lipinski definition) is 4. The summed E-state index contributed by atoms with van der Waals surface area (Å²) in [5.41, 5.74) is 16.1. The number of methoxy groups -OCH3 is 4. The van der Waals surface area contributed by atoms with Gasteiger partial charge < -0.3 is 50.8 Å². The minimum Gasteiger partial charge on any atom is -0.490 e. The summed E-state index contributed by atoms with van der Waals surface area (Å²) in [6.45, 7) is 0. The van der Waals surface area contributed by atoms with Crippen LogP contribution in [0.5, 0.6) is 17.2 Å². The third-order valence-electron chi connectivity index (χ3n) is 17.7. The van der Waals surface area contributed by atoms with Crippen molar-refractivity contribution in [3.63, 3.8) is 0 Å². The Hall–Kier alpha value is -10.4. The summed E-state index contributed by atoms with van der Waals surface area (Å²) < 4.78 is 36.7. The molecule has 5 aromatic carbocycles. The Labute approximate surface area is 650 Å². The number of aliphatic hydroxyl groups excluding tert-OH is 2. The number of aromatic nitrogens is 4. The Balaban J connectivity index is 0.000000204. The van der Waals surface area contributed by atoms with E-state index in [9.17, 15) is 44.0 Å². The molecule has 0 fully saturated rings. The quantitative estimate of drug-likeness (QED) is 0.0129. The second kappa shape index (κ2) is 44.1.